The first kappa shape index (κ1) is 13.1. The molecule has 2 nitrogen and oxygen atoms in total. The van der Waals surface area contributed by atoms with Crippen molar-refractivity contribution in [2.24, 2.45) is 11.7 Å². The molecular weight excluding hydrogens is 276 g/mol. The van der Waals surface area contributed by atoms with Crippen LogP contribution in [0.15, 0.2) is 28.7 Å². The van der Waals surface area contributed by atoms with Gasteiger partial charge in [-0.25, -0.2) is 0 Å². The third-order valence-electron chi connectivity index (χ3n) is 3.73. The Morgan fingerprint density at radius 3 is 2.65 bits per heavy atom. The molecular formula is C14H21BrN2. The number of likely N-dealkylation sites (tertiary alicyclic amines) is 1. The lowest BCUT2D eigenvalue weighted by atomic mass is 10.0. The molecule has 2 rings (SSSR count). The molecule has 17 heavy (non-hydrogen) atoms. The zero-order valence-corrected chi connectivity index (χ0v) is 12.0. The Hall–Kier alpha value is -0.380. The van der Waals surface area contributed by atoms with Gasteiger partial charge in [-0.1, -0.05) is 35.0 Å². The van der Waals surface area contributed by atoms with Gasteiger partial charge in [-0.05, 0) is 49.5 Å². The molecule has 3 heteroatoms. The molecule has 1 saturated heterocycles. The average Bonchev–Trinajstić information content (AvgIpc) is 2.81. The molecule has 0 bridgehead atoms. The van der Waals surface area contributed by atoms with E-state index in [0.29, 0.717) is 12.0 Å². The summed E-state index contributed by atoms with van der Waals surface area (Å²) in [7, 11) is 0. The van der Waals surface area contributed by atoms with Gasteiger partial charge in [-0.2, -0.15) is 0 Å². The van der Waals surface area contributed by atoms with Gasteiger partial charge in [0.15, 0.2) is 0 Å². The van der Waals surface area contributed by atoms with Gasteiger partial charge in [0, 0.05) is 17.1 Å². The monoisotopic (exact) mass is 296 g/mol. The average molecular weight is 297 g/mol. The van der Waals surface area contributed by atoms with E-state index in [1.54, 1.807) is 0 Å². The van der Waals surface area contributed by atoms with Crippen molar-refractivity contribution in [3.8, 4) is 0 Å². The van der Waals surface area contributed by atoms with Crippen molar-refractivity contribution in [3.63, 3.8) is 0 Å². The maximum Gasteiger partial charge on any atom is 0.0345 e. The lowest BCUT2D eigenvalue weighted by molar-refractivity contribution is 0.231. The normalized spacial score (nSPS) is 22.9. The second-order valence-electron chi connectivity index (χ2n) is 4.86. The molecule has 0 spiro atoms. The fourth-order valence-corrected chi connectivity index (χ4v) is 2.99. The third-order valence-corrected chi connectivity index (χ3v) is 4.26. The Morgan fingerprint density at radius 2 is 2.12 bits per heavy atom. The first-order valence-electron chi connectivity index (χ1n) is 6.44. The molecule has 1 aliphatic heterocycles. The molecule has 1 aromatic rings. The second kappa shape index (κ2) is 5.98. The van der Waals surface area contributed by atoms with Gasteiger partial charge in [0.1, 0.15) is 0 Å². The lowest BCUT2D eigenvalue weighted by Gasteiger charge is -2.27. The Labute approximate surface area is 112 Å². The van der Waals surface area contributed by atoms with Crippen LogP contribution in [0.5, 0.6) is 0 Å². The van der Waals surface area contributed by atoms with E-state index in [-0.39, 0.29) is 0 Å². The van der Waals surface area contributed by atoms with Crippen LogP contribution >= 0.6 is 15.9 Å². The minimum absolute atomic E-state index is 0.555. The van der Waals surface area contributed by atoms with E-state index in [2.05, 4.69) is 52.0 Å². The predicted molar refractivity (Wildman–Crippen MR) is 75.9 cm³/mol. The number of rotatable bonds is 4. The predicted octanol–water partition coefficient (Wildman–Crippen LogP) is 3.18. The first-order valence-corrected chi connectivity index (χ1v) is 7.23. The summed E-state index contributed by atoms with van der Waals surface area (Å²) in [4.78, 5) is 2.58. The van der Waals surface area contributed by atoms with Gasteiger partial charge in [0.2, 0.25) is 0 Å². The molecule has 2 N–H and O–H groups in total. The van der Waals surface area contributed by atoms with Gasteiger partial charge in [-0.15, -0.1) is 0 Å². The molecule has 2 unspecified atom stereocenters. The van der Waals surface area contributed by atoms with Gasteiger partial charge in [0.05, 0.1) is 0 Å². The quantitative estimate of drug-likeness (QED) is 0.925. The summed E-state index contributed by atoms with van der Waals surface area (Å²) in [5.41, 5.74) is 7.19. The molecule has 1 heterocycles. The number of nitrogens with zero attached hydrogens (tertiary/aromatic N) is 1. The van der Waals surface area contributed by atoms with Crippen LogP contribution in [0, 0.1) is 5.92 Å². The van der Waals surface area contributed by atoms with Crippen molar-refractivity contribution < 1.29 is 0 Å². The van der Waals surface area contributed by atoms with Crippen LogP contribution in [0.3, 0.4) is 0 Å². The molecule has 0 saturated carbocycles. The third kappa shape index (κ3) is 3.09. The number of benzene rings is 1. The summed E-state index contributed by atoms with van der Waals surface area (Å²) >= 11 is 3.49. The second-order valence-corrected chi connectivity index (χ2v) is 5.78. The van der Waals surface area contributed by atoms with Gasteiger partial charge >= 0.3 is 0 Å². The summed E-state index contributed by atoms with van der Waals surface area (Å²) in [5, 5.41) is 0. The van der Waals surface area contributed by atoms with E-state index in [4.69, 9.17) is 5.73 Å². The fourth-order valence-electron chi connectivity index (χ4n) is 2.73. The van der Waals surface area contributed by atoms with E-state index in [1.165, 1.54) is 24.9 Å². The largest absolute Gasteiger partial charge is 0.330 e. The number of nitrogens with two attached hydrogens (primary N) is 1. The van der Waals surface area contributed by atoms with Crippen LogP contribution in [0.4, 0.5) is 0 Å². The Balaban J connectivity index is 2.08. The van der Waals surface area contributed by atoms with Gasteiger partial charge in [-0.3, -0.25) is 4.90 Å². The summed E-state index contributed by atoms with van der Waals surface area (Å²) in [6, 6.07) is 9.28. The summed E-state index contributed by atoms with van der Waals surface area (Å²) < 4.78 is 1.15. The molecule has 1 aromatic carbocycles. The summed E-state index contributed by atoms with van der Waals surface area (Å²) in [5.74, 6) is 0.694. The highest BCUT2D eigenvalue weighted by Crippen LogP contribution is 2.30. The van der Waals surface area contributed by atoms with Crippen LogP contribution in [-0.4, -0.2) is 24.5 Å². The molecule has 1 fully saturated rings. The first-order chi connectivity index (χ1) is 8.24. The number of hydrogen-bond donors (Lipinski definition) is 1. The highest BCUT2D eigenvalue weighted by Gasteiger charge is 2.27. The van der Waals surface area contributed by atoms with E-state index in [9.17, 15) is 0 Å². The van der Waals surface area contributed by atoms with Crippen LogP contribution < -0.4 is 5.73 Å². The van der Waals surface area contributed by atoms with Crippen molar-refractivity contribution in [1.82, 2.24) is 4.90 Å². The van der Waals surface area contributed by atoms with Crippen LogP contribution in [0.2, 0.25) is 0 Å². The zero-order chi connectivity index (χ0) is 12.3. The summed E-state index contributed by atoms with van der Waals surface area (Å²) in [6.45, 7) is 5.44. The van der Waals surface area contributed by atoms with E-state index in [1.807, 2.05) is 0 Å². The molecule has 1 aliphatic rings. The fraction of sp³-hybridized carbons (Fsp3) is 0.571. The maximum absolute atomic E-state index is 5.76. The molecule has 0 aromatic heterocycles. The Bertz CT molecular complexity index is 350. The molecule has 2 atom stereocenters. The lowest BCUT2D eigenvalue weighted by Crippen LogP contribution is -2.27. The Kier molecular flexibility index (Phi) is 4.60. The van der Waals surface area contributed by atoms with Crippen LogP contribution in [0.25, 0.3) is 0 Å². The van der Waals surface area contributed by atoms with Gasteiger partial charge < -0.3 is 5.73 Å². The van der Waals surface area contributed by atoms with Crippen molar-refractivity contribution in [3.05, 3.63) is 34.3 Å². The summed E-state index contributed by atoms with van der Waals surface area (Å²) in [6.07, 6.45) is 2.42. The van der Waals surface area contributed by atoms with Crippen molar-refractivity contribution in [2.45, 2.75) is 25.8 Å². The maximum atomic E-state index is 5.76. The SMILES string of the molecule is CCC(c1ccc(Br)cc1)N1CCC(CN)C1. The van der Waals surface area contributed by atoms with Crippen LogP contribution in [0.1, 0.15) is 31.4 Å². The van der Waals surface area contributed by atoms with Crippen LogP contribution in [-0.2, 0) is 0 Å². The molecule has 0 amide bonds. The van der Waals surface area contributed by atoms with Crippen molar-refractivity contribution in [2.75, 3.05) is 19.6 Å². The standard InChI is InChI=1S/C14H21BrN2/c1-2-14(12-3-5-13(15)6-4-12)17-8-7-11(9-16)10-17/h3-6,11,14H,2,7-10,16H2,1H3. The molecule has 0 aliphatic carbocycles. The minimum Gasteiger partial charge on any atom is -0.330 e. The smallest absolute Gasteiger partial charge is 0.0345 e. The number of halogens is 1. The highest BCUT2D eigenvalue weighted by atomic mass is 79.9. The highest BCUT2D eigenvalue weighted by molar-refractivity contribution is 9.10. The van der Waals surface area contributed by atoms with Crippen molar-refractivity contribution >= 4 is 15.9 Å². The van der Waals surface area contributed by atoms with Crippen molar-refractivity contribution in [1.29, 1.82) is 0 Å². The molecule has 94 valence electrons. The van der Waals surface area contributed by atoms with E-state index >= 15 is 0 Å². The molecule has 0 radical (unpaired) electrons. The van der Waals surface area contributed by atoms with E-state index < -0.39 is 0 Å². The van der Waals surface area contributed by atoms with Gasteiger partial charge in [0.25, 0.3) is 0 Å². The zero-order valence-electron chi connectivity index (χ0n) is 10.4. The minimum atomic E-state index is 0.555. The topological polar surface area (TPSA) is 29.3 Å². The van der Waals surface area contributed by atoms with E-state index in [0.717, 1.165) is 17.6 Å². The Morgan fingerprint density at radius 1 is 1.41 bits per heavy atom. The number of hydrogen-bond acceptors (Lipinski definition) is 2.